The number of carbonyl (C=O) groups excluding carboxylic acids is 1. The molecule has 8 nitrogen and oxygen atoms in total. The molecule has 0 aromatic carbocycles. The summed E-state index contributed by atoms with van der Waals surface area (Å²) in [6.07, 6.45) is 6.92. The molecule has 4 rings (SSSR count). The van der Waals surface area contributed by atoms with Crippen LogP contribution in [0.5, 0.6) is 0 Å². The van der Waals surface area contributed by atoms with Crippen LogP contribution in [-0.4, -0.2) is 53.2 Å². The summed E-state index contributed by atoms with van der Waals surface area (Å²) in [5.74, 6) is -0.0108. The highest BCUT2D eigenvalue weighted by molar-refractivity contribution is 6.21. The molecule has 2 aliphatic heterocycles. The summed E-state index contributed by atoms with van der Waals surface area (Å²) in [6, 6.07) is 5.17. The second-order valence-electron chi connectivity index (χ2n) is 9.35. The van der Waals surface area contributed by atoms with Crippen molar-refractivity contribution in [2.24, 2.45) is 13.0 Å². The number of anilines is 1. The van der Waals surface area contributed by atoms with Crippen molar-refractivity contribution in [1.82, 2.24) is 15.2 Å². The van der Waals surface area contributed by atoms with Gasteiger partial charge in [0.25, 0.3) is 5.56 Å². The van der Waals surface area contributed by atoms with Crippen molar-refractivity contribution in [2.45, 2.75) is 68.6 Å². The van der Waals surface area contributed by atoms with Crippen LogP contribution in [0, 0.1) is 17.2 Å². The number of hydrogen-bond donors (Lipinski definition) is 3. The van der Waals surface area contributed by atoms with Crippen LogP contribution in [0.4, 0.5) is 5.69 Å². The summed E-state index contributed by atoms with van der Waals surface area (Å²) in [5.41, 5.74) is 0.921. The first kappa shape index (κ1) is 23.8. The van der Waals surface area contributed by atoms with Gasteiger partial charge in [0.1, 0.15) is 17.5 Å². The Morgan fingerprint density at radius 2 is 2.15 bits per heavy atom. The van der Waals surface area contributed by atoms with E-state index in [0.29, 0.717) is 30.3 Å². The maximum absolute atomic E-state index is 12.9. The number of nitrogens with one attached hydrogen (secondary N) is 3. The van der Waals surface area contributed by atoms with Crippen LogP contribution in [0.3, 0.4) is 0 Å². The van der Waals surface area contributed by atoms with Gasteiger partial charge in [-0.15, -0.1) is 11.6 Å². The molecule has 178 valence electrons. The highest BCUT2D eigenvalue weighted by Crippen LogP contribution is 2.35. The molecular formula is C24H32ClN5O3. The molecule has 5 unspecified atom stereocenters. The number of rotatable bonds is 6. The zero-order valence-electron chi connectivity index (χ0n) is 19.1. The quantitative estimate of drug-likeness (QED) is 0.545. The molecule has 3 heterocycles. The Morgan fingerprint density at radius 3 is 2.88 bits per heavy atom. The third-order valence-corrected chi connectivity index (χ3v) is 7.52. The van der Waals surface area contributed by atoms with Gasteiger partial charge in [0.05, 0.1) is 24.1 Å². The summed E-state index contributed by atoms with van der Waals surface area (Å²) in [6.45, 7) is 3.55. The molecule has 3 aliphatic rings. The van der Waals surface area contributed by atoms with E-state index in [2.05, 4.69) is 16.0 Å². The van der Waals surface area contributed by atoms with E-state index in [-0.39, 0.29) is 46.6 Å². The molecule has 2 fully saturated rings. The number of pyridine rings is 1. The van der Waals surface area contributed by atoms with Crippen LogP contribution in [0.15, 0.2) is 28.6 Å². The minimum atomic E-state index is -0.369. The van der Waals surface area contributed by atoms with E-state index in [9.17, 15) is 9.59 Å². The number of aromatic nitrogens is 1. The fraction of sp³-hybridized carbons (Fsp3) is 0.625. The number of nitriles is 1. The van der Waals surface area contributed by atoms with E-state index in [4.69, 9.17) is 21.6 Å². The van der Waals surface area contributed by atoms with Gasteiger partial charge in [-0.05, 0) is 57.2 Å². The van der Waals surface area contributed by atoms with Crippen LogP contribution in [0.1, 0.15) is 44.7 Å². The van der Waals surface area contributed by atoms with Crippen LogP contribution >= 0.6 is 11.6 Å². The third-order valence-electron chi connectivity index (χ3n) is 7.06. The van der Waals surface area contributed by atoms with E-state index in [1.807, 2.05) is 19.1 Å². The first-order valence-corrected chi connectivity index (χ1v) is 12.2. The Kier molecular flexibility index (Phi) is 7.42. The van der Waals surface area contributed by atoms with Gasteiger partial charge in [0, 0.05) is 24.7 Å². The standard InChI is InChI=1S/C24H32ClN5O3/c1-14(28-20-7-6-17(12-26)30(2)24(20)32)18-9-15-10-19(25)22(11-21(15)29-23(18)31)33-13-16-5-3-4-8-27-16/h6-7,9,14-16,19,21-22,27-28H,3-5,8,10-11,13H2,1-2H3,(H,29,31)/t14-,15?,16?,19?,21?,22?/m0/s1. The molecule has 0 radical (unpaired) electrons. The molecule has 6 atom stereocenters. The van der Waals surface area contributed by atoms with Crippen LogP contribution < -0.4 is 21.5 Å². The minimum Gasteiger partial charge on any atom is -0.375 e. The number of fused-ring (bicyclic) bond motifs is 1. The second-order valence-corrected chi connectivity index (χ2v) is 9.91. The lowest BCUT2D eigenvalue weighted by Crippen LogP contribution is -2.54. The summed E-state index contributed by atoms with van der Waals surface area (Å²) in [7, 11) is 1.55. The molecule has 1 saturated carbocycles. The van der Waals surface area contributed by atoms with Crippen molar-refractivity contribution in [3.05, 3.63) is 39.8 Å². The van der Waals surface area contributed by atoms with Gasteiger partial charge in [-0.3, -0.25) is 9.59 Å². The highest BCUT2D eigenvalue weighted by Gasteiger charge is 2.40. The molecule has 3 N–H and O–H groups in total. The Hall–Kier alpha value is -2.34. The van der Waals surface area contributed by atoms with E-state index in [1.54, 1.807) is 19.2 Å². The van der Waals surface area contributed by atoms with Gasteiger partial charge >= 0.3 is 0 Å². The number of ether oxygens (including phenoxy) is 1. The van der Waals surface area contributed by atoms with E-state index in [0.717, 1.165) is 19.4 Å². The minimum absolute atomic E-state index is 0.00412. The van der Waals surface area contributed by atoms with Gasteiger partial charge in [0.15, 0.2) is 0 Å². The van der Waals surface area contributed by atoms with Gasteiger partial charge in [-0.2, -0.15) is 5.26 Å². The molecular weight excluding hydrogens is 442 g/mol. The summed E-state index contributed by atoms with van der Waals surface area (Å²) in [5, 5.41) is 18.7. The lowest BCUT2D eigenvalue weighted by molar-refractivity contribution is -0.120. The maximum atomic E-state index is 12.9. The van der Waals surface area contributed by atoms with E-state index in [1.165, 1.54) is 17.4 Å². The Balaban J connectivity index is 1.40. The average molecular weight is 474 g/mol. The molecule has 1 amide bonds. The van der Waals surface area contributed by atoms with Crippen molar-refractivity contribution in [1.29, 1.82) is 5.26 Å². The van der Waals surface area contributed by atoms with Crippen LogP contribution in [0.2, 0.25) is 0 Å². The number of piperidine rings is 1. The smallest absolute Gasteiger partial charge is 0.274 e. The second kappa shape index (κ2) is 10.3. The fourth-order valence-corrected chi connectivity index (χ4v) is 5.43. The number of nitrogens with zero attached hydrogens (tertiary/aromatic N) is 2. The zero-order valence-corrected chi connectivity index (χ0v) is 19.9. The molecule has 1 saturated heterocycles. The first-order chi connectivity index (χ1) is 15.9. The number of carbonyl (C=O) groups is 1. The van der Waals surface area contributed by atoms with Gasteiger partial charge in [-0.1, -0.05) is 12.5 Å². The predicted octanol–water partition coefficient (Wildman–Crippen LogP) is 2.03. The van der Waals surface area contributed by atoms with E-state index >= 15 is 0 Å². The SMILES string of the molecule is C[C@H](Nc1ccc(C#N)n(C)c1=O)C1=CC2CC(Cl)C(OCC3CCCCN3)CC2NC1=O. The predicted molar refractivity (Wildman–Crippen MR) is 127 cm³/mol. The van der Waals surface area contributed by atoms with Crippen molar-refractivity contribution >= 4 is 23.2 Å². The molecule has 1 aromatic heterocycles. The Morgan fingerprint density at radius 1 is 1.33 bits per heavy atom. The summed E-state index contributed by atoms with van der Waals surface area (Å²) >= 11 is 6.71. The molecule has 9 heteroatoms. The van der Waals surface area contributed by atoms with Crippen molar-refractivity contribution in [3.63, 3.8) is 0 Å². The lowest BCUT2D eigenvalue weighted by Gasteiger charge is -2.41. The van der Waals surface area contributed by atoms with Gasteiger partial charge in [-0.25, -0.2) is 0 Å². The van der Waals surface area contributed by atoms with Gasteiger partial charge < -0.3 is 25.3 Å². The average Bonchev–Trinajstić information content (AvgIpc) is 2.81. The Labute approximate surface area is 199 Å². The number of halogens is 1. The number of hydrogen-bond acceptors (Lipinski definition) is 6. The largest absolute Gasteiger partial charge is 0.375 e. The van der Waals surface area contributed by atoms with Crippen LogP contribution in [-0.2, 0) is 16.6 Å². The first-order valence-electron chi connectivity index (χ1n) is 11.8. The lowest BCUT2D eigenvalue weighted by atomic mass is 9.78. The molecule has 1 aliphatic carbocycles. The van der Waals surface area contributed by atoms with E-state index < -0.39 is 0 Å². The van der Waals surface area contributed by atoms with Crippen LogP contribution in [0.25, 0.3) is 0 Å². The summed E-state index contributed by atoms with van der Waals surface area (Å²) < 4.78 is 7.47. The molecule has 0 bridgehead atoms. The Bertz CT molecular complexity index is 1010. The van der Waals surface area contributed by atoms with Gasteiger partial charge in [0.2, 0.25) is 5.91 Å². The van der Waals surface area contributed by atoms with Crippen molar-refractivity contribution < 1.29 is 9.53 Å². The van der Waals surface area contributed by atoms with Crippen molar-refractivity contribution in [3.8, 4) is 6.07 Å². The number of alkyl halides is 1. The fourth-order valence-electron chi connectivity index (χ4n) is 5.04. The molecule has 1 aromatic rings. The maximum Gasteiger partial charge on any atom is 0.274 e. The van der Waals surface area contributed by atoms with Crippen molar-refractivity contribution in [2.75, 3.05) is 18.5 Å². The normalized spacial score (nSPS) is 30.4. The molecule has 0 spiro atoms. The summed E-state index contributed by atoms with van der Waals surface area (Å²) in [4.78, 5) is 25.4. The topological polar surface area (TPSA) is 108 Å². The third kappa shape index (κ3) is 5.26. The monoisotopic (exact) mass is 473 g/mol. The highest BCUT2D eigenvalue weighted by atomic mass is 35.5. The number of amides is 1. The zero-order chi connectivity index (χ0) is 23.5. The molecule has 33 heavy (non-hydrogen) atoms.